The van der Waals surface area contributed by atoms with Crippen molar-refractivity contribution < 1.29 is 18.9 Å². The van der Waals surface area contributed by atoms with Crippen LogP contribution in [0.25, 0.3) is 0 Å². The normalized spacial score (nSPS) is 13.7. The van der Waals surface area contributed by atoms with Gasteiger partial charge in [0.1, 0.15) is 12.4 Å². The maximum absolute atomic E-state index is 5.66. The Morgan fingerprint density at radius 1 is 1.32 bits per heavy atom. The number of rotatable bonds is 7. The fourth-order valence-electron chi connectivity index (χ4n) is 1.73. The first-order valence-corrected chi connectivity index (χ1v) is 6.55. The van der Waals surface area contributed by atoms with E-state index in [1.807, 2.05) is 25.1 Å². The molecule has 0 amide bonds. The lowest BCUT2D eigenvalue weighted by atomic mass is 10.2. The van der Waals surface area contributed by atoms with Crippen LogP contribution >= 0.6 is 0 Å². The van der Waals surface area contributed by atoms with Crippen LogP contribution in [0.2, 0.25) is 0 Å². The van der Waals surface area contributed by atoms with Crippen LogP contribution in [0.5, 0.6) is 17.2 Å². The van der Waals surface area contributed by atoms with E-state index in [9.17, 15) is 0 Å². The van der Waals surface area contributed by atoms with Gasteiger partial charge in [-0.2, -0.15) is 0 Å². The third-order valence-corrected chi connectivity index (χ3v) is 2.87. The summed E-state index contributed by atoms with van der Waals surface area (Å²) in [6, 6.07) is 5.60. The van der Waals surface area contributed by atoms with Gasteiger partial charge in [-0.3, -0.25) is 0 Å². The molecular weight excluding hydrogens is 244 g/mol. The van der Waals surface area contributed by atoms with Crippen molar-refractivity contribution in [3.63, 3.8) is 0 Å². The molecule has 1 aromatic rings. The van der Waals surface area contributed by atoms with Crippen LogP contribution < -0.4 is 14.2 Å². The molecule has 2 rings (SSSR count). The second-order valence-electron chi connectivity index (χ2n) is 4.32. The highest BCUT2D eigenvalue weighted by Gasteiger charge is 2.13. The SMILES string of the molecule is CCOCCC(C)=CCOc1ccc2c(c1)OCO2. The van der Waals surface area contributed by atoms with Gasteiger partial charge in [0.05, 0.1) is 6.61 Å². The fraction of sp³-hybridized carbons (Fsp3) is 0.467. The van der Waals surface area contributed by atoms with E-state index in [4.69, 9.17) is 18.9 Å². The van der Waals surface area contributed by atoms with Crippen molar-refractivity contribution in [3.05, 3.63) is 29.8 Å². The molecule has 1 aliphatic heterocycles. The topological polar surface area (TPSA) is 36.9 Å². The average molecular weight is 264 g/mol. The van der Waals surface area contributed by atoms with Gasteiger partial charge in [-0.05, 0) is 38.5 Å². The predicted octanol–water partition coefficient (Wildman–Crippen LogP) is 3.17. The second-order valence-corrected chi connectivity index (χ2v) is 4.32. The molecule has 0 atom stereocenters. The van der Waals surface area contributed by atoms with E-state index in [0.29, 0.717) is 6.61 Å². The number of hydrogen-bond acceptors (Lipinski definition) is 4. The van der Waals surface area contributed by atoms with Crippen LogP contribution in [0.3, 0.4) is 0 Å². The Kier molecular flexibility index (Phi) is 5.10. The molecule has 0 radical (unpaired) electrons. The average Bonchev–Trinajstić information content (AvgIpc) is 2.86. The Bertz CT molecular complexity index is 440. The van der Waals surface area contributed by atoms with Crippen molar-refractivity contribution >= 4 is 0 Å². The van der Waals surface area contributed by atoms with Gasteiger partial charge in [0.15, 0.2) is 11.5 Å². The van der Waals surface area contributed by atoms with Gasteiger partial charge in [-0.15, -0.1) is 0 Å². The monoisotopic (exact) mass is 264 g/mol. The Hall–Kier alpha value is -1.68. The third-order valence-electron chi connectivity index (χ3n) is 2.87. The summed E-state index contributed by atoms with van der Waals surface area (Å²) in [5.74, 6) is 2.31. The highest BCUT2D eigenvalue weighted by molar-refractivity contribution is 5.46. The van der Waals surface area contributed by atoms with Crippen molar-refractivity contribution in [2.75, 3.05) is 26.6 Å². The molecule has 0 aliphatic carbocycles. The molecular formula is C15H20O4. The molecule has 0 N–H and O–H groups in total. The summed E-state index contributed by atoms with van der Waals surface area (Å²) in [5, 5.41) is 0. The van der Waals surface area contributed by atoms with Gasteiger partial charge in [0.25, 0.3) is 0 Å². The van der Waals surface area contributed by atoms with Crippen molar-refractivity contribution in [2.24, 2.45) is 0 Å². The van der Waals surface area contributed by atoms with E-state index in [2.05, 4.69) is 13.0 Å². The van der Waals surface area contributed by atoms with Crippen molar-refractivity contribution in [1.82, 2.24) is 0 Å². The molecule has 19 heavy (non-hydrogen) atoms. The predicted molar refractivity (Wildman–Crippen MR) is 72.9 cm³/mol. The molecule has 4 nitrogen and oxygen atoms in total. The molecule has 104 valence electrons. The van der Waals surface area contributed by atoms with Gasteiger partial charge >= 0.3 is 0 Å². The molecule has 1 aromatic carbocycles. The van der Waals surface area contributed by atoms with Gasteiger partial charge in [-0.25, -0.2) is 0 Å². The van der Waals surface area contributed by atoms with Crippen LogP contribution in [0, 0.1) is 0 Å². The maximum Gasteiger partial charge on any atom is 0.231 e. The van der Waals surface area contributed by atoms with Crippen LogP contribution in [-0.2, 0) is 4.74 Å². The zero-order valence-corrected chi connectivity index (χ0v) is 11.5. The van der Waals surface area contributed by atoms with Crippen LogP contribution in [-0.4, -0.2) is 26.6 Å². The largest absolute Gasteiger partial charge is 0.489 e. The molecule has 1 aliphatic rings. The van der Waals surface area contributed by atoms with Crippen LogP contribution in [0.1, 0.15) is 20.3 Å². The number of benzene rings is 1. The minimum absolute atomic E-state index is 0.287. The Balaban J connectivity index is 1.77. The minimum atomic E-state index is 0.287. The number of ether oxygens (including phenoxy) is 4. The molecule has 0 saturated heterocycles. The zero-order chi connectivity index (χ0) is 13.5. The third kappa shape index (κ3) is 4.17. The lowest BCUT2D eigenvalue weighted by Gasteiger charge is -2.06. The summed E-state index contributed by atoms with van der Waals surface area (Å²) in [6.45, 7) is 6.46. The highest BCUT2D eigenvalue weighted by atomic mass is 16.7. The number of hydrogen-bond donors (Lipinski definition) is 0. The first-order valence-electron chi connectivity index (χ1n) is 6.55. The van der Waals surface area contributed by atoms with Gasteiger partial charge < -0.3 is 18.9 Å². The molecule has 0 unspecified atom stereocenters. The Morgan fingerprint density at radius 2 is 2.16 bits per heavy atom. The van der Waals surface area contributed by atoms with E-state index in [1.54, 1.807) is 0 Å². The Labute approximate surface area is 113 Å². The number of fused-ring (bicyclic) bond motifs is 1. The van der Waals surface area contributed by atoms with Crippen molar-refractivity contribution in [2.45, 2.75) is 20.3 Å². The van der Waals surface area contributed by atoms with E-state index in [0.717, 1.165) is 36.9 Å². The van der Waals surface area contributed by atoms with E-state index >= 15 is 0 Å². The van der Waals surface area contributed by atoms with Gasteiger partial charge in [0.2, 0.25) is 6.79 Å². The van der Waals surface area contributed by atoms with Crippen LogP contribution in [0.15, 0.2) is 29.8 Å². The summed E-state index contributed by atoms with van der Waals surface area (Å²) in [7, 11) is 0. The van der Waals surface area contributed by atoms with Gasteiger partial charge in [0, 0.05) is 12.7 Å². The molecule has 0 saturated carbocycles. The summed E-state index contributed by atoms with van der Waals surface area (Å²) >= 11 is 0. The summed E-state index contributed by atoms with van der Waals surface area (Å²) in [5.41, 5.74) is 1.27. The summed E-state index contributed by atoms with van der Waals surface area (Å²) in [6.07, 6.45) is 3.02. The molecule has 4 heteroatoms. The molecule has 0 bridgehead atoms. The molecule has 1 heterocycles. The van der Waals surface area contributed by atoms with Crippen LogP contribution in [0.4, 0.5) is 0 Å². The minimum Gasteiger partial charge on any atom is -0.489 e. The Morgan fingerprint density at radius 3 is 3.00 bits per heavy atom. The highest BCUT2D eigenvalue weighted by Crippen LogP contribution is 2.35. The first-order chi connectivity index (χ1) is 9.29. The maximum atomic E-state index is 5.66. The standard InChI is InChI=1S/C15H20O4/c1-3-16-8-6-12(2)7-9-17-13-4-5-14-15(10-13)19-11-18-14/h4-5,7,10H,3,6,8-9,11H2,1-2H3. The zero-order valence-electron chi connectivity index (χ0n) is 11.5. The molecule has 0 spiro atoms. The van der Waals surface area contributed by atoms with E-state index in [1.165, 1.54) is 5.57 Å². The van der Waals surface area contributed by atoms with Crippen molar-refractivity contribution in [1.29, 1.82) is 0 Å². The lowest BCUT2D eigenvalue weighted by Crippen LogP contribution is -1.97. The lowest BCUT2D eigenvalue weighted by molar-refractivity contribution is 0.150. The molecule has 0 fully saturated rings. The summed E-state index contributed by atoms with van der Waals surface area (Å²) < 4.78 is 21.5. The van der Waals surface area contributed by atoms with E-state index in [-0.39, 0.29) is 6.79 Å². The smallest absolute Gasteiger partial charge is 0.231 e. The quantitative estimate of drug-likeness (QED) is 0.560. The van der Waals surface area contributed by atoms with Crippen molar-refractivity contribution in [3.8, 4) is 17.2 Å². The summed E-state index contributed by atoms with van der Waals surface area (Å²) in [4.78, 5) is 0. The molecule has 0 aromatic heterocycles. The van der Waals surface area contributed by atoms with Gasteiger partial charge in [-0.1, -0.05) is 5.57 Å². The first kappa shape index (κ1) is 13.7. The fourth-order valence-corrected chi connectivity index (χ4v) is 1.73. The van der Waals surface area contributed by atoms with E-state index < -0.39 is 0 Å². The second kappa shape index (κ2) is 7.04.